The van der Waals surface area contributed by atoms with E-state index in [1.165, 1.54) is 0 Å². The summed E-state index contributed by atoms with van der Waals surface area (Å²) in [5, 5.41) is 6.41. The van der Waals surface area contributed by atoms with Gasteiger partial charge in [-0.2, -0.15) is 0 Å². The quantitative estimate of drug-likeness (QED) is 0.808. The van der Waals surface area contributed by atoms with E-state index in [0.717, 1.165) is 17.4 Å². The van der Waals surface area contributed by atoms with Crippen LogP contribution in [0.2, 0.25) is 5.02 Å². The molecule has 0 atom stereocenters. The number of benzene rings is 1. The summed E-state index contributed by atoms with van der Waals surface area (Å²) in [4.78, 5) is 11.8. The third kappa shape index (κ3) is 5.73. The van der Waals surface area contributed by atoms with Crippen LogP contribution in [0.15, 0.2) is 22.7 Å². The Bertz CT molecular complexity index is 374. The lowest BCUT2D eigenvalue weighted by atomic mass is 10.2. The normalized spacial score (nSPS) is 9.59. The highest BCUT2D eigenvalue weighted by Gasteiger charge is 2.09. The van der Waals surface area contributed by atoms with Crippen LogP contribution in [0.3, 0.4) is 0 Å². The fraction of sp³-hybridized carbons (Fsp3) is 0.364. The standard InChI is InChI=1S/C11H14BrClN2O.ClH/c1-14-5-2-6-15-11(16)9-7-8(13)3-4-10(9)12;/h3-4,7,14H,2,5-6H2,1H3,(H,15,16);1H. The summed E-state index contributed by atoms with van der Waals surface area (Å²) in [7, 11) is 1.88. The van der Waals surface area contributed by atoms with Crippen molar-refractivity contribution in [1.29, 1.82) is 0 Å². The van der Waals surface area contributed by atoms with Gasteiger partial charge in [-0.25, -0.2) is 0 Å². The highest BCUT2D eigenvalue weighted by atomic mass is 79.9. The topological polar surface area (TPSA) is 41.1 Å². The molecule has 0 aliphatic heterocycles. The average Bonchev–Trinajstić information content (AvgIpc) is 2.27. The summed E-state index contributed by atoms with van der Waals surface area (Å²) in [6, 6.07) is 5.16. The first-order valence-corrected chi connectivity index (χ1v) is 6.20. The molecule has 1 aromatic rings. The van der Waals surface area contributed by atoms with Gasteiger partial charge in [0.05, 0.1) is 5.56 Å². The third-order valence-corrected chi connectivity index (χ3v) is 2.99. The second kappa shape index (κ2) is 8.75. The minimum atomic E-state index is -0.106. The summed E-state index contributed by atoms with van der Waals surface area (Å²) < 4.78 is 0.753. The van der Waals surface area contributed by atoms with Gasteiger partial charge in [-0.15, -0.1) is 12.4 Å². The van der Waals surface area contributed by atoms with Crippen molar-refractivity contribution in [2.24, 2.45) is 0 Å². The molecule has 0 saturated heterocycles. The van der Waals surface area contributed by atoms with Crippen LogP contribution in [-0.2, 0) is 0 Å². The molecule has 1 rings (SSSR count). The molecule has 1 amide bonds. The Kier molecular flexibility index (Phi) is 8.60. The largest absolute Gasteiger partial charge is 0.352 e. The lowest BCUT2D eigenvalue weighted by molar-refractivity contribution is 0.0952. The molecule has 0 unspecified atom stereocenters. The molecule has 0 fully saturated rings. The Labute approximate surface area is 121 Å². The lowest BCUT2D eigenvalue weighted by Gasteiger charge is -2.07. The minimum Gasteiger partial charge on any atom is -0.352 e. The van der Waals surface area contributed by atoms with Gasteiger partial charge in [-0.05, 0) is 54.1 Å². The van der Waals surface area contributed by atoms with Crippen molar-refractivity contribution in [3.05, 3.63) is 33.3 Å². The second-order valence-corrected chi connectivity index (χ2v) is 4.63. The van der Waals surface area contributed by atoms with Crippen LogP contribution in [0, 0.1) is 0 Å². The van der Waals surface area contributed by atoms with E-state index in [0.29, 0.717) is 17.1 Å². The van der Waals surface area contributed by atoms with E-state index >= 15 is 0 Å². The van der Waals surface area contributed by atoms with Crippen LogP contribution >= 0.6 is 39.9 Å². The van der Waals surface area contributed by atoms with Crippen molar-refractivity contribution >= 4 is 45.8 Å². The highest BCUT2D eigenvalue weighted by molar-refractivity contribution is 9.10. The maximum atomic E-state index is 11.8. The maximum absolute atomic E-state index is 11.8. The molecule has 6 heteroatoms. The monoisotopic (exact) mass is 340 g/mol. The zero-order valence-corrected chi connectivity index (χ0v) is 12.6. The van der Waals surface area contributed by atoms with E-state index < -0.39 is 0 Å². The minimum absolute atomic E-state index is 0. The van der Waals surface area contributed by atoms with Gasteiger partial charge in [0.15, 0.2) is 0 Å². The number of nitrogens with one attached hydrogen (secondary N) is 2. The highest BCUT2D eigenvalue weighted by Crippen LogP contribution is 2.20. The molecule has 1 aromatic carbocycles. The molecule has 2 N–H and O–H groups in total. The maximum Gasteiger partial charge on any atom is 0.252 e. The predicted molar refractivity (Wildman–Crippen MR) is 77.3 cm³/mol. The Morgan fingerprint density at radius 3 is 2.76 bits per heavy atom. The molecule has 0 aliphatic carbocycles. The zero-order chi connectivity index (χ0) is 12.0. The average molecular weight is 342 g/mol. The fourth-order valence-electron chi connectivity index (χ4n) is 1.23. The Morgan fingerprint density at radius 1 is 1.41 bits per heavy atom. The van der Waals surface area contributed by atoms with E-state index in [1.807, 2.05) is 7.05 Å². The molecular formula is C11H15BrCl2N2O. The number of carbonyl (C=O) groups excluding carboxylic acids is 1. The number of amides is 1. The van der Waals surface area contributed by atoms with Crippen LogP contribution in [0.1, 0.15) is 16.8 Å². The van der Waals surface area contributed by atoms with E-state index in [-0.39, 0.29) is 18.3 Å². The zero-order valence-electron chi connectivity index (χ0n) is 9.43. The number of hydrogen-bond donors (Lipinski definition) is 2. The van der Waals surface area contributed by atoms with Gasteiger partial charge in [0.1, 0.15) is 0 Å². The summed E-state index contributed by atoms with van der Waals surface area (Å²) >= 11 is 9.16. The number of carbonyl (C=O) groups is 1. The molecule has 3 nitrogen and oxygen atoms in total. The van der Waals surface area contributed by atoms with Crippen LogP contribution in [0.5, 0.6) is 0 Å². The van der Waals surface area contributed by atoms with Gasteiger partial charge in [-0.1, -0.05) is 11.6 Å². The number of hydrogen-bond acceptors (Lipinski definition) is 2. The molecule has 17 heavy (non-hydrogen) atoms. The van der Waals surface area contributed by atoms with Crippen molar-refractivity contribution in [2.45, 2.75) is 6.42 Å². The number of rotatable bonds is 5. The third-order valence-electron chi connectivity index (χ3n) is 2.06. The molecule has 0 spiro atoms. The Morgan fingerprint density at radius 2 is 2.12 bits per heavy atom. The molecule has 0 aromatic heterocycles. The van der Waals surface area contributed by atoms with Crippen molar-refractivity contribution < 1.29 is 4.79 Å². The van der Waals surface area contributed by atoms with Crippen molar-refractivity contribution in [2.75, 3.05) is 20.1 Å². The SMILES string of the molecule is CNCCCNC(=O)c1cc(Cl)ccc1Br.Cl. The van der Waals surface area contributed by atoms with Gasteiger partial charge in [0, 0.05) is 16.0 Å². The van der Waals surface area contributed by atoms with E-state index in [1.54, 1.807) is 18.2 Å². The predicted octanol–water partition coefficient (Wildman–Crippen LogP) is 2.86. The van der Waals surface area contributed by atoms with Crippen molar-refractivity contribution in [3.8, 4) is 0 Å². The van der Waals surface area contributed by atoms with Crippen molar-refractivity contribution in [1.82, 2.24) is 10.6 Å². The Hall–Kier alpha value is -0.290. The van der Waals surface area contributed by atoms with Crippen LogP contribution in [0.25, 0.3) is 0 Å². The summed E-state index contributed by atoms with van der Waals surface area (Å²) in [6.45, 7) is 1.54. The van der Waals surface area contributed by atoms with Crippen molar-refractivity contribution in [3.63, 3.8) is 0 Å². The van der Waals surface area contributed by atoms with Crippen LogP contribution < -0.4 is 10.6 Å². The lowest BCUT2D eigenvalue weighted by Crippen LogP contribution is -2.26. The summed E-state index contributed by atoms with van der Waals surface area (Å²) in [5.41, 5.74) is 0.567. The summed E-state index contributed by atoms with van der Waals surface area (Å²) in [5.74, 6) is -0.106. The van der Waals surface area contributed by atoms with Gasteiger partial charge >= 0.3 is 0 Å². The molecular weight excluding hydrogens is 327 g/mol. The first-order chi connectivity index (χ1) is 7.65. The van der Waals surface area contributed by atoms with Gasteiger partial charge < -0.3 is 10.6 Å². The van der Waals surface area contributed by atoms with Crippen LogP contribution in [-0.4, -0.2) is 26.0 Å². The summed E-state index contributed by atoms with van der Waals surface area (Å²) in [6.07, 6.45) is 0.903. The smallest absolute Gasteiger partial charge is 0.252 e. The molecule has 0 aliphatic rings. The number of halogens is 3. The fourth-order valence-corrected chi connectivity index (χ4v) is 1.83. The second-order valence-electron chi connectivity index (χ2n) is 3.34. The van der Waals surface area contributed by atoms with Gasteiger partial charge in [-0.3, -0.25) is 4.79 Å². The molecule has 0 radical (unpaired) electrons. The first-order valence-electron chi connectivity index (χ1n) is 5.03. The van der Waals surface area contributed by atoms with E-state index in [9.17, 15) is 4.79 Å². The van der Waals surface area contributed by atoms with Gasteiger partial charge in [0.2, 0.25) is 0 Å². The molecule has 96 valence electrons. The molecule has 0 bridgehead atoms. The molecule has 0 heterocycles. The first kappa shape index (κ1) is 16.7. The van der Waals surface area contributed by atoms with E-state index in [2.05, 4.69) is 26.6 Å². The van der Waals surface area contributed by atoms with Gasteiger partial charge in [0.25, 0.3) is 5.91 Å². The van der Waals surface area contributed by atoms with Crippen LogP contribution in [0.4, 0.5) is 0 Å². The Balaban J connectivity index is 0.00000256. The van der Waals surface area contributed by atoms with E-state index in [4.69, 9.17) is 11.6 Å². The molecule has 0 saturated carbocycles.